The molecule has 0 rings (SSSR count). The maximum absolute atomic E-state index is 11.1. The SMILES string of the molecule is CCCCCCCCCCCCC(CCCC)OC(C)=O. The molecule has 0 heterocycles. The van der Waals surface area contributed by atoms with E-state index in [2.05, 4.69) is 13.8 Å². The lowest BCUT2D eigenvalue weighted by Crippen LogP contribution is -2.16. The zero-order valence-electron chi connectivity index (χ0n) is 14.8. The van der Waals surface area contributed by atoms with Crippen LogP contribution in [0.4, 0.5) is 0 Å². The van der Waals surface area contributed by atoms with Gasteiger partial charge >= 0.3 is 5.97 Å². The van der Waals surface area contributed by atoms with E-state index in [0.717, 1.165) is 19.3 Å². The van der Waals surface area contributed by atoms with Crippen molar-refractivity contribution in [2.24, 2.45) is 0 Å². The van der Waals surface area contributed by atoms with Crippen LogP contribution in [0.3, 0.4) is 0 Å². The quantitative estimate of drug-likeness (QED) is 0.257. The van der Waals surface area contributed by atoms with Crippen molar-refractivity contribution in [3.63, 3.8) is 0 Å². The van der Waals surface area contributed by atoms with Crippen molar-refractivity contribution < 1.29 is 9.53 Å². The number of rotatable bonds is 15. The number of esters is 1. The Balaban J connectivity index is 3.42. The van der Waals surface area contributed by atoms with Gasteiger partial charge in [-0.25, -0.2) is 0 Å². The van der Waals surface area contributed by atoms with Gasteiger partial charge in [0.05, 0.1) is 0 Å². The third-order valence-electron chi connectivity index (χ3n) is 4.09. The van der Waals surface area contributed by atoms with Crippen molar-refractivity contribution in [2.75, 3.05) is 0 Å². The first kappa shape index (κ1) is 20.5. The molecule has 2 heteroatoms. The normalized spacial score (nSPS) is 12.3. The van der Waals surface area contributed by atoms with Crippen molar-refractivity contribution in [2.45, 2.75) is 117 Å². The van der Waals surface area contributed by atoms with Gasteiger partial charge in [0.25, 0.3) is 0 Å². The predicted octanol–water partition coefficient (Wildman–Crippen LogP) is 6.42. The van der Waals surface area contributed by atoms with Crippen LogP contribution in [0.1, 0.15) is 111 Å². The monoisotopic (exact) mass is 298 g/mol. The highest BCUT2D eigenvalue weighted by Crippen LogP contribution is 2.16. The highest BCUT2D eigenvalue weighted by atomic mass is 16.5. The molecule has 0 saturated carbocycles. The summed E-state index contributed by atoms with van der Waals surface area (Å²) in [6.45, 7) is 5.98. The molecule has 0 radical (unpaired) electrons. The molecule has 0 amide bonds. The van der Waals surface area contributed by atoms with Crippen LogP contribution in [-0.2, 0) is 9.53 Å². The molecule has 2 nitrogen and oxygen atoms in total. The summed E-state index contributed by atoms with van der Waals surface area (Å²) in [5.74, 6) is -0.122. The molecule has 1 atom stereocenters. The van der Waals surface area contributed by atoms with Crippen molar-refractivity contribution >= 4 is 5.97 Å². The standard InChI is InChI=1S/C19H38O2/c1-4-6-8-9-10-11-12-13-14-15-17-19(16-7-5-2)21-18(3)20/h19H,4-17H2,1-3H3. The molecule has 1 unspecified atom stereocenters. The minimum absolute atomic E-state index is 0.122. The van der Waals surface area contributed by atoms with Crippen molar-refractivity contribution in [1.29, 1.82) is 0 Å². The van der Waals surface area contributed by atoms with Gasteiger partial charge in [-0.15, -0.1) is 0 Å². The Kier molecular flexibility index (Phi) is 15.5. The van der Waals surface area contributed by atoms with E-state index in [-0.39, 0.29) is 12.1 Å². The average Bonchev–Trinajstić information content (AvgIpc) is 2.46. The van der Waals surface area contributed by atoms with Gasteiger partial charge in [0.2, 0.25) is 0 Å². The summed E-state index contributed by atoms with van der Waals surface area (Å²) in [5.41, 5.74) is 0. The lowest BCUT2D eigenvalue weighted by Gasteiger charge is -2.16. The number of unbranched alkanes of at least 4 members (excludes halogenated alkanes) is 10. The van der Waals surface area contributed by atoms with Crippen LogP contribution in [0.25, 0.3) is 0 Å². The molecule has 0 aliphatic rings. The fourth-order valence-electron chi connectivity index (χ4n) is 2.79. The van der Waals surface area contributed by atoms with Crippen molar-refractivity contribution in [3.8, 4) is 0 Å². The number of hydrogen-bond acceptors (Lipinski definition) is 2. The average molecular weight is 299 g/mol. The Morgan fingerprint density at radius 1 is 0.714 bits per heavy atom. The minimum atomic E-state index is -0.122. The van der Waals surface area contributed by atoms with Crippen molar-refractivity contribution in [1.82, 2.24) is 0 Å². The van der Waals surface area contributed by atoms with E-state index in [1.807, 2.05) is 0 Å². The summed E-state index contributed by atoms with van der Waals surface area (Å²) in [6.07, 6.45) is 18.2. The first-order valence-electron chi connectivity index (χ1n) is 9.37. The van der Waals surface area contributed by atoms with E-state index in [9.17, 15) is 4.79 Å². The van der Waals surface area contributed by atoms with E-state index >= 15 is 0 Å². The van der Waals surface area contributed by atoms with Crippen LogP contribution >= 0.6 is 0 Å². The predicted molar refractivity (Wildman–Crippen MR) is 91.5 cm³/mol. The third kappa shape index (κ3) is 15.7. The number of carbonyl (C=O) groups is 1. The molecule has 0 aromatic carbocycles. The van der Waals surface area contributed by atoms with Crippen LogP contribution in [-0.4, -0.2) is 12.1 Å². The van der Waals surface area contributed by atoms with Gasteiger partial charge in [0.15, 0.2) is 0 Å². The summed E-state index contributed by atoms with van der Waals surface area (Å²) in [4.78, 5) is 11.1. The molecular weight excluding hydrogens is 260 g/mol. The van der Waals surface area contributed by atoms with Gasteiger partial charge in [0, 0.05) is 6.92 Å². The summed E-state index contributed by atoms with van der Waals surface area (Å²) >= 11 is 0. The van der Waals surface area contributed by atoms with E-state index in [1.165, 1.54) is 77.6 Å². The maximum atomic E-state index is 11.1. The van der Waals surface area contributed by atoms with Gasteiger partial charge in [-0.1, -0.05) is 84.5 Å². The topological polar surface area (TPSA) is 26.3 Å². The van der Waals surface area contributed by atoms with Crippen LogP contribution in [0.5, 0.6) is 0 Å². The molecule has 0 bridgehead atoms. The molecule has 0 aromatic rings. The maximum Gasteiger partial charge on any atom is 0.302 e. The fraction of sp³-hybridized carbons (Fsp3) is 0.947. The summed E-state index contributed by atoms with van der Waals surface area (Å²) < 4.78 is 5.40. The van der Waals surface area contributed by atoms with E-state index < -0.39 is 0 Å². The zero-order valence-corrected chi connectivity index (χ0v) is 14.8. The number of hydrogen-bond donors (Lipinski definition) is 0. The molecule has 126 valence electrons. The Labute approximate surface area is 133 Å². The Hall–Kier alpha value is -0.530. The highest BCUT2D eigenvalue weighted by Gasteiger charge is 2.10. The van der Waals surface area contributed by atoms with Crippen molar-refractivity contribution in [3.05, 3.63) is 0 Å². The van der Waals surface area contributed by atoms with Gasteiger partial charge in [-0.05, 0) is 19.3 Å². The van der Waals surface area contributed by atoms with Gasteiger partial charge in [-0.3, -0.25) is 4.79 Å². The fourth-order valence-corrected chi connectivity index (χ4v) is 2.79. The Bertz CT molecular complexity index is 226. The highest BCUT2D eigenvalue weighted by molar-refractivity contribution is 5.66. The molecule has 0 spiro atoms. The van der Waals surface area contributed by atoms with Crippen LogP contribution in [0, 0.1) is 0 Å². The second-order valence-corrected chi connectivity index (χ2v) is 6.34. The van der Waals surface area contributed by atoms with Crippen LogP contribution < -0.4 is 0 Å². The van der Waals surface area contributed by atoms with Crippen LogP contribution in [0.2, 0.25) is 0 Å². The second-order valence-electron chi connectivity index (χ2n) is 6.34. The molecular formula is C19H38O2. The van der Waals surface area contributed by atoms with E-state index in [1.54, 1.807) is 0 Å². The summed E-state index contributed by atoms with van der Waals surface area (Å²) in [5, 5.41) is 0. The second kappa shape index (κ2) is 15.9. The summed E-state index contributed by atoms with van der Waals surface area (Å²) in [6, 6.07) is 0. The van der Waals surface area contributed by atoms with Crippen LogP contribution in [0.15, 0.2) is 0 Å². The summed E-state index contributed by atoms with van der Waals surface area (Å²) in [7, 11) is 0. The molecule has 0 fully saturated rings. The van der Waals surface area contributed by atoms with Gasteiger partial charge < -0.3 is 4.74 Å². The molecule has 0 aliphatic carbocycles. The molecule has 0 aliphatic heterocycles. The smallest absolute Gasteiger partial charge is 0.302 e. The molecule has 21 heavy (non-hydrogen) atoms. The van der Waals surface area contributed by atoms with Gasteiger partial charge in [-0.2, -0.15) is 0 Å². The van der Waals surface area contributed by atoms with E-state index in [0.29, 0.717) is 0 Å². The van der Waals surface area contributed by atoms with E-state index in [4.69, 9.17) is 4.74 Å². The molecule has 0 N–H and O–H groups in total. The lowest BCUT2D eigenvalue weighted by atomic mass is 10.0. The lowest BCUT2D eigenvalue weighted by molar-refractivity contribution is -0.147. The number of ether oxygens (including phenoxy) is 1. The molecule has 0 aromatic heterocycles. The van der Waals surface area contributed by atoms with Gasteiger partial charge in [0.1, 0.15) is 6.10 Å². The largest absolute Gasteiger partial charge is 0.463 e. The third-order valence-corrected chi connectivity index (χ3v) is 4.09. The Morgan fingerprint density at radius 3 is 1.62 bits per heavy atom. The first-order chi connectivity index (χ1) is 10.2. The number of carbonyl (C=O) groups excluding carboxylic acids is 1. The zero-order chi connectivity index (χ0) is 15.8. The molecule has 0 saturated heterocycles. The first-order valence-corrected chi connectivity index (χ1v) is 9.37. The Morgan fingerprint density at radius 2 is 1.14 bits per heavy atom. The minimum Gasteiger partial charge on any atom is -0.463 e.